The molecule has 0 radical (unpaired) electrons. The lowest BCUT2D eigenvalue weighted by Crippen LogP contribution is -2.24. The Morgan fingerprint density at radius 1 is 0.295 bits per heavy atom. The summed E-state index contributed by atoms with van der Waals surface area (Å²) in [6.45, 7) is 12.7. The first-order valence-electron chi connectivity index (χ1n) is 26.7. The number of benzene rings is 6. The van der Waals surface area contributed by atoms with E-state index in [0.717, 1.165) is 38.5 Å². The number of hydrogen-bond acceptors (Lipinski definition) is 3. The van der Waals surface area contributed by atoms with Crippen molar-refractivity contribution in [1.82, 2.24) is 0 Å². The number of hydrogen-bond donors (Lipinski definition) is 0. The van der Waals surface area contributed by atoms with Gasteiger partial charge < -0.3 is 14.2 Å². The summed E-state index contributed by atoms with van der Waals surface area (Å²) in [7, 11) is 0. The van der Waals surface area contributed by atoms with E-state index in [1.165, 1.54) is 93.6 Å². The summed E-state index contributed by atoms with van der Waals surface area (Å²) in [5, 5.41) is 0. The van der Waals surface area contributed by atoms with Crippen molar-refractivity contribution in [3.63, 3.8) is 0 Å². The molecular weight excluding hydrogens is 1030 g/mol. The first-order valence-corrected chi connectivity index (χ1v) is 26.7. The highest BCUT2D eigenvalue weighted by atomic mass is 19.2. The van der Waals surface area contributed by atoms with Crippen LogP contribution in [-0.2, 0) is 33.5 Å². The van der Waals surface area contributed by atoms with Gasteiger partial charge in [0, 0.05) is 53.2 Å². The summed E-state index contributed by atoms with van der Waals surface area (Å²) in [5.74, 6) is -11.5. The third kappa shape index (κ3) is 14.4. The smallest absolute Gasteiger partial charge is 0.167 e. The van der Waals surface area contributed by atoms with E-state index in [2.05, 4.69) is 20.8 Å². The number of rotatable bonds is 12. The van der Waals surface area contributed by atoms with Crippen molar-refractivity contribution in [1.29, 1.82) is 0 Å². The van der Waals surface area contributed by atoms with Crippen molar-refractivity contribution in [2.75, 3.05) is 19.8 Å². The Bertz CT molecular complexity index is 2710. The van der Waals surface area contributed by atoms with Crippen molar-refractivity contribution < 1.29 is 66.9 Å². The molecule has 3 aliphatic heterocycles. The zero-order valence-electron chi connectivity index (χ0n) is 44.8. The fraction of sp³-hybridized carbons (Fsp3) is 0.429. The summed E-state index contributed by atoms with van der Waals surface area (Å²) < 4.78 is 187. The maximum atomic E-state index is 14.5. The second-order valence-electron chi connectivity index (χ2n) is 21.4. The van der Waals surface area contributed by atoms with Crippen LogP contribution in [0.5, 0.6) is 0 Å². The van der Waals surface area contributed by atoms with Gasteiger partial charge in [0.25, 0.3) is 0 Å². The monoisotopic (exact) mass is 1100 g/mol. The van der Waals surface area contributed by atoms with Crippen molar-refractivity contribution in [2.24, 2.45) is 17.8 Å². The van der Waals surface area contributed by atoms with Gasteiger partial charge in [-0.2, -0.15) is 0 Å². The Morgan fingerprint density at radius 3 is 0.731 bits per heavy atom. The molecule has 0 aromatic heterocycles. The van der Waals surface area contributed by atoms with E-state index in [4.69, 9.17) is 14.2 Å². The molecule has 15 heteroatoms. The standard InChI is InChI=1S/3C21H22F4O/c3*1-12-3-7-15(26-11-12)8-5-14-6-10-17(21(25)19(14)23)16-9-4-13(2)18(22)20(16)24/h3*4,6,9-10,12,15H,3,5,7-8,11H2,1-2H3. The molecular formula is C63H66F12O3. The summed E-state index contributed by atoms with van der Waals surface area (Å²) in [6, 6.07) is 16.1. The van der Waals surface area contributed by atoms with Gasteiger partial charge >= 0.3 is 0 Å². The van der Waals surface area contributed by atoms with Crippen LogP contribution in [-0.4, -0.2) is 38.1 Å². The predicted octanol–water partition coefficient (Wildman–Crippen LogP) is 17.9. The first-order chi connectivity index (χ1) is 37.1. The molecule has 78 heavy (non-hydrogen) atoms. The van der Waals surface area contributed by atoms with E-state index in [9.17, 15) is 52.7 Å². The molecule has 6 unspecified atom stereocenters. The van der Waals surface area contributed by atoms with E-state index in [1.807, 2.05) is 0 Å². The number of aryl methyl sites for hydroxylation is 6. The van der Waals surface area contributed by atoms with Gasteiger partial charge in [-0.3, -0.25) is 0 Å². The van der Waals surface area contributed by atoms with Gasteiger partial charge in [0.15, 0.2) is 69.8 Å². The maximum Gasteiger partial charge on any atom is 0.167 e. The van der Waals surface area contributed by atoms with Gasteiger partial charge in [-0.05, 0) is 149 Å². The van der Waals surface area contributed by atoms with Crippen LogP contribution in [0.3, 0.4) is 0 Å². The fourth-order valence-corrected chi connectivity index (χ4v) is 9.98. The van der Waals surface area contributed by atoms with Crippen molar-refractivity contribution >= 4 is 0 Å². The lowest BCUT2D eigenvalue weighted by atomic mass is 9.95. The second kappa shape index (κ2) is 27.0. The largest absolute Gasteiger partial charge is 0.378 e. The molecule has 3 heterocycles. The van der Waals surface area contributed by atoms with Gasteiger partial charge in [0.05, 0.1) is 18.3 Å². The van der Waals surface area contributed by atoms with E-state index in [1.54, 1.807) is 0 Å². The highest BCUT2D eigenvalue weighted by molar-refractivity contribution is 5.68. The van der Waals surface area contributed by atoms with E-state index < -0.39 is 69.8 Å². The van der Waals surface area contributed by atoms with Gasteiger partial charge in [0.2, 0.25) is 0 Å². The molecule has 0 aliphatic carbocycles. The van der Waals surface area contributed by atoms with Crippen LogP contribution in [0.15, 0.2) is 72.8 Å². The second-order valence-corrected chi connectivity index (χ2v) is 21.4. The molecule has 3 nitrogen and oxygen atoms in total. The molecule has 0 N–H and O–H groups in total. The lowest BCUT2D eigenvalue weighted by Gasteiger charge is -2.27. The average Bonchev–Trinajstić information content (AvgIpc) is 3.50. The Kier molecular flexibility index (Phi) is 20.8. The minimum atomic E-state index is -1.17. The quantitative estimate of drug-likeness (QED) is 0.114. The molecule has 3 saturated heterocycles. The lowest BCUT2D eigenvalue weighted by molar-refractivity contribution is -0.0149. The molecule has 3 aliphatic rings. The van der Waals surface area contributed by atoms with Crippen molar-refractivity contribution in [3.05, 3.63) is 176 Å². The number of halogens is 12. The minimum absolute atomic E-state index is 0.0528. The topological polar surface area (TPSA) is 27.7 Å². The van der Waals surface area contributed by atoms with Gasteiger partial charge in [-0.1, -0.05) is 93.6 Å². The Labute approximate surface area is 449 Å². The summed E-state index contributed by atoms with van der Waals surface area (Å²) in [4.78, 5) is 0. The van der Waals surface area contributed by atoms with Crippen LogP contribution in [0.4, 0.5) is 52.7 Å². The molecule has 6 atom stereocenters. The average molecular weight is 1100 g/mol. The molecule has 0 spiro atoms. The zero-order chi connectivity index (χ0) is 56.5. The van der Waals surface area contributed by atoms with Gasteiger partial charge in [-0.15, -0.1) is 0 Å². The van der Waals surface area contributed by atoms with Crippen LogP contribution >= 0.6 is 0 Å². The molecule has 9 rings (SSSR count). The molecule has 6 aromatic rings. The Morgan fingerprint density at radius 2 is 0.513 bits per heavy atom. The Balaban J connectivity index is 0.000000170. The van der Waals surface area contributed by atoms with Gasteiger partial charge in [0.1, 0.15) is 0 Å². The SMILES string of the molecule is Cc1ccc(-c2ccc(CCC3CCC(C)CO3)c(F)c2F)c(F)c1F.Cc1ccc(-c2ccc(CCC3CCC(C)CO3)c(F)c2F)c(F)c1F.Cc1ccc(-c2ccc(CCC3CCC(C)CO3)c(F)c2F)c(F)c1F. The number of ether oxygens (including phenoxy) is 3. The van der Waals surface area contributed by atoms with E-state index >= 15 is 0 Å². The molecule has 6 aromatic carbocycles. The summed E-state index contributed by atoms with van der Waals surface area (Å²) in [5.41, 5.74) is -0.630. The van der Waals surface area contributed by atoms with Gasteiger partial charge in [-0.25, -0.2) is 52.7 Å². The molecule has 0 bridgehead atoms. The highest BCUT2D eigenvalue weighted by Gasteiger charge is 2.26. The Hall–Kier alpha value is -5.64. The summed E-state index contributed by atoms with van der Waals surface area (Å²) in [6.07, 6.45) is 8.95. The van der Waals surface area contributed by atoms with Crippen LogP contribution < -0.4 is 0 Å². The minimum Gasteiger partial charge on any atom is -0.378 e. The zero-order valence-corrected chi connectivity index (χ0v) is 44.8. The van der Waals surface area contributed by atoms with Crippen LogP contribution in [0.1, 0.15) is 112 Å². The predicted molar refractivity (Wildman–Crippen MR) is 279 cm³/mol. The van der Waals surface area contributed by atoms with E-state index in [-0.39, 0.29) is 85.1 Å². The summed E-state index contributed by atoms with van der Waals surface area (Å²) >= 11 is 0. The molecule has 420 valence electrons. The third-order valence-corrected chi connectivity index (χ3v) is 15.2. The van der Waals surface area contributed by atoms with Crippen molar-refractivity contribution in [3.8, 4) is 33.4 Å². The molecule has 0 saturated carbocycles. The molecule has 0 amide bonds. The normalized spacial score (nSPS) is 20.4. The van der Waals surface area contributed by atoms with Crippen LogP contribution in [0, 0.1) is 108 Å². The fourth-order valence-electron chi connectivity index (χ4n) is 9.98. The third-order valence-electron chi connectivity index (χ3n) is 15.2. The maximum absolute atomic E-state index is 14.5. The van der Waals surface area contributed by atoms with E-state index in [0.29, 0.717) is 76.1 Å². The van der Waals surface area contributed by atoms with Crippen molar-refractivity contribution in [2.45, 2.75) is 137 Å². The molecule has 3 fully saturated rings. The first kappa shape index (κ1) is 60.0. The van der Waals surface area contributed by atoms with Crippen LogP contribution in [0.25, 0.3) is 33.4 Å². The highest BCUT2D eigenvalue weighted by Crippen LogP contribution is 2.35. The van der Waals surface area contributed by atoms with Crippen LogP contribution in [0.2, 0.25) is 0 Å².